The van der Waals surface area contributed by atoms with Gasteiger partial charge in [0.15, 0.2) is 5.60 Å². The lowest BCUT2D eigenvalue weighted by atomic mass is 10.1. The van der Waals surface area contributed by atoms with Crippen molar-refractivity contribution in [2.75, 3.05) is 6.54 Å². The largest absolute Gasteiger partial charge is 0.478 e. The SMILES string of the molecule is CC(C)(Oc1ccc(F)cc1)C(=O)NCCc1ccc(C(=O)O)cc1. The zero-order valence-corrected chi connectivity index (χ0v) is 14.1. The van der Waals surface area contributed by atoms with Crippen LogP contribution < -0.4 is 10.1 Å². The summed E-state index contributed by atoms with van der Waals surface area (Å²) in [6.45, 7) is 3.65. The van der Waals surface area contributed by atoms with Crippen LogP contribution in [0, 0.1) is 5.82 Å². The van der Waals surface area contributed by atoms with Gasteiger partial charge in [0.05, 0.1) is 5.56 Å². The number of rotatable bonds is 7. The molecule has 0 aromatic heterocycles. The third kappa shape index (κ3) is 5.31. The van der Waals surface area contributed by atoms with E-state index in [0.717, 1.165) is 5.56 Å². The number of carboxylic acids is 1. The topological polar surface area (TPSA) is 75.6 Å². The van der Waals surface area contributed by atoms with Crippen molar-refractivity contribution in [3.63, 3.8) is 0 Å². The molecule has 0 saturated heterocycles. The van der Waals surface area contributed by atoms with Gasteiger partial charge >= 0.3 is 5.97 Å². The molecule has 132 valence electrons. The summed E-state index contributed by atoms with van der Waals surface area (Å²) in [6, 6.07) is 12.0. The van der Waals surface area contributed by atoms with E-state index in [1.807, 2.05) is 0 Å². The number of benzene rings is 2. The van der Waals surface area contributed by atoms with E-state index in [2.05, 4.69) is 5.32 Å². The Morgan fingerprint density at radius 2 is 1.68 bits per heavy atom. The molecule has 0 aliphatic heterocycles. The van der Waals surface area contributed by atoms with Crippen molar-refractivity contribution in [2.45, 2.75) is 25.9 Å². The highest BCUT2D eigenvalue weighted by Crippen LogP contribution is 2.19. The summed E-state index contributed by atoms with van der Waals surface area (Å²) in [6.07, 6.45) is 0.568. The summed E-state index contributed by atoms with van der Waals surface area (Å²) in [5.41, 5.74) is 0.0366. The minimum atomic E-state index is -1.11. The Balaban J connectivity index is 1.85. The number of carboxylic acid groups (broad SMARTS) is 1. The molecule has 2 aromatic rings. The van der Waals surface area contributed by atoms with Crippen LogP contribution in [0.4, 0.5) is 4.39 Å². The first-order valence-electron chi connectivity index (χ1n) is 7.83. The van der Waals surface area contributed by atoms with Gasteiger partial charge in [-0.1, -0.05) is 12.1 Å². The summed E-state index contributed by atoms with van der Waals surface area (Å²) >= 11 is 0. The number of hydrogen-bond acceptors (Lipinski definition) is 3. The fourth-order valence-corrected chi connectivity index (χ4v) is 2.19. The van der Waals surface area contributed by atoms with Crippen LogP contribution in [0.2, 0.25) is 0 Å². The molecular weight excluding hydrogens is 325 g/mol. The molecule has 0 bridgehead atoms. The molecule has 2 N–H and O–H groups in total. The lowest BCUT2D eigenvalue weighted by Crippen LogP contribution is -2.47. The number of amides is 1. The maximum atomic E-state index is 12.9. The Kier molecular flexibility index (Phi) is 5.75. The molecular formula is C19H20FNO4. The maximum absolute atomic E-state index is 12.9. The monoisotopic (exact) mass is 345 g/mol. The number of aromatic carboxylic acids is 1. The van der Waals surface area contributed by atoms with E-state index in [9.17, 15) is 14.0 Å². The van der Waals surface area contributed by atoms with Gasteiger partial charge in [-0.3, -0.25) is 4.79 Å². The molecule has 6 heteroatoms. The highest BCUT2D eigenvalue weighted by atomic mass is 19.1. The second-order valence-corrected chi connectivity index (χ2v) is 6.07. The van der Waals surface area contributed by atoms with E-state index >= 15 is 0 Å². The van der Waals surface area contributed by atoms with E-state index in [1.54, 1.807) is 26.0 Å². The predicted octanol–water partition coefficient (Wildman–Crippen LogP) is 3.04. The molecule has 0 fully saturated rings. The third-order valence-corrected chi connectivity index (χ3v) is 3.63. The second-order valence-electron chi connectivity index (χ2n) is 6.07. The first-order chi connectivity index (χ1) is 11.8. The normalized spacial score (nSPS) is 11.0. The van der Waals surface area contributed by atoms with Gasteiger partial charge in [-0.25, -0.2) is 9.18 Å². The van der Waals surface area contributed by atoms with E-state index in [1.165, 1.54) is 36.4 Å². The molecule has 0 radical (unpaired) electrons. The van der Waals surface area contributed by atoms with Crippen LogP contribution in [0.25, 0.3) is 0 Å². The lowest BCUT2D eigenvalue weighted by Gasteiger charge is -2.25. The maximum Gasteiger partial charge on any atom is 0.335 e. The van der Waals surface area contributed by atoms with E-state index in [0.29, 0.717) is 18.7 Å². The lowest BCUT2D eigenvalue weighted by molar-refractivity contribution is -0.134. The smallest absolute Gasteiger partial charge is 0.335 e. The highest BCUT2D eigenvalue weighted by molar-refractivity contribution is 5.87. The number of carbonyl (C=O) groups excluding carboxylic acids is 1. The Morgan fingerprint density at radius 3 is 2.24 bits per heavy atom. The standard InChI is InChI=1S/C19H20FNO4/c1-19(2,25-16-9-7-15(20)8-10-16)18(24)21-12-11-13-3-5-14(6-4-13)17(22)23/h3-10H,11-12H2,1-2H3,(H,21,24)(H,22,23). The van der Waals surface area contributed by atoms with Gasteiger partial charge in [0.2, 0.25) is 0 Å². The van der Waals surface area contributed by atoms with Crippen LogP contribution in [-0.4, -0.2) is 29.1 Å². The Labute approximate surface area is 145 Å². The molecule has 0 atom stereocenters. The van der Waals surface area contributed by atoms with Crippen molar-refractivity contribution in [2.24, 2.45) is 0 Å². The number of halogens is 1. The van der Waals surface area contributed by atoms with E-state index < -0.39 is 11.6 Å². The molecule has 2 aromatic carbocycles. The number of hydrogen-bond donors (Lipinski definition) is 2. The van der Waals surface area contributed by atoms with Crippen molar-refractivity contribution in [1.82, 2.24) is 5.32 Å². The molecule has 25 heavy (non-hydrogen) atoms. The summed E-state index contributed by atoms with van der Waals surface area (Å²) in [5, 5.41) is 11.6. The van der Waals surface area contributed by atoms with Crippen molar-refractivity contribution in [3.05, 3.63) is 65.5 Å². The third-order valence-electron chi connectivity index (χ3n) is 3.63. The Morgan fingerprint density at radius 1 is 1.08 bits per heavy atom. The van der Waals surface area contributed by atoms with Gasteiger partial charge in [-0.15, -0.1) is 0 Å². The molecule has 0 aliphatic rings. The molecule has 1 amide bonds. The van der Waals surface area contributed by atoms with Crippen LogP contribution in [0.3, 0.4) is 0 Å². The van der Waals surface area contributed by atoms with Crippen molar-refractivity contribution in [3.8, 4) is 5.75 Å². The molecule has 0 heterocycles. The summed E-state index contributed by atoms with van der Waals surface area (Å²) in [7, 11) is 0. The number of ether oxygens (including phenoxy) is 1. The molecule has 5 nitrogen and oxygen atoms in total. The summed E-state index contributed by atoms with van der Waals surface area (Å²) in [5.74, 6) is -1.23. The zero-order chi connectivity index (χ0) is 18.4. The van der Waals surface area contributed by atoms with Gasteiger partial charge in [0.25, 0.3) is 5.91 Å². The van der Waals surface area contributed by atoms with Crippen LogP contribution in [-0.2, 0) is 11.2 Å². The van der Waals surface area contributed by atoms with E-state index in [-0.39, 0.29) is 17.3 Å². The first-order valence-corrected chi connectivity index (χ1v) is 7.83. The quantitative estimate of drug-likeness (QED) is 0.809. The Hall–Kier alpha value is -2.89. The van der Waals surface area contributed by atoms with Gasteiger partial charge in [-0.05, 0) is 62.2 Å². The van der Waals surface area contributed by atoms with Gasteiger partial charge in [0.1, 0.15) is 11.6 Å². The summed E-state index contributed by atoms with van der Waals surface area (Å²) < 4.78 is 18.5. The van der Waals surface area contributed by atoms with Crippen LogP contribution in [0.1, 0.15) is 29.8 Å². The molecule has 2 rings (SSSR count). The van der Waals surface area contributed by atoms with Crippen LogP contribution >= 0.6 is 0 Å². The second kappa shape index (κ2) is 7.79. The zero-order valence-electron chi connectivity index (χ0n) is 14.1. The summed E-state index contributed by atoms with van der Waals surface area (Å²) in [4.78, 5) is 23.1. The molecule has 0 saturated carbocycles. The average Bonchev–Trinajstić information content (AvgIpc) is 2.57. The average molecular weight is 345 g/mol. The van der Waals surface area contributed by atoms with Crippen molar-refractivity contribution >= 4 is 11.9 Å². The van der Waals surface area contributed by atoms with E-state index in [4.69, 9.17) is 9.84 Å². The number of nitrogens with one attached hydrogen (secondary N) is 1. The minimum Gasteiger partial charge on any atom is -0.478 e. The first kappa shape index (κ1) is 18.4. The Bertz CT molecular complexity index is 739. The fourth-order valence-electron chi connectivity index (χ4n) is 2.19. The van der Waals surface area contributed by atoms with Crippen LogP contribution in [0.15, 0.2) is 48.5 Å². The molecule has 0 unspecified atom stereocenters. The fraction of sp³-hybridized carbons (Fsp3) is 0.263. The number of carbonyl (C=O) groups is 2. The van der Waals surface area contributed by atoms with Crippen LogP contribution in [0.5, 0.6) is 5.75 Å². The van der Waals surface area contributed by atoms with Gasteiger partial charge < -0.3 is 15.2 Å². The van der Waals surface area contributed by atoms with Gasteiger partial charge in [0, 0.05) is 6.54 Å². The minimum absolute atomic E-state index is 0.224. The van der Waals surface area contributed by atoms with Gasteiger partial charge in [-0.2, -0.15) is 0 Å². The van der Waals surface area contributed by atoms with Crippen molar-refractivity contribution < 1.29 is 23.8 Å². The molecule has 0 spiro atoms. The van der Waals surface area contributed by atoms with Crippen molar-refractivity contribution in [1.29, 1.82) is 0 Å². The highest BCUT2D eigenvalue weighted by Gasteiger charge is 2.29. The predicted molar refractivity (Wildman–Crippen MR) is 91.2 cm³/mol. The molecule has 0 aliphatic carbocycles.